The lowest BCUT2D eigenvalue weighted by atomic mass is 10.2. The highest BCUT2D eigenvalue weighted by molar-refractivity contribution is 7.11. The Bertz CT molecular complexity index is 1870. The van der Waals surface area contributed by atoms with E-state index in [1.54, 1.807) is 0 Å². The fourth-order valence-electron chi connectivity index (χ4n) is 6.03. The van der Waals surface area contributed by atoms with Crippen molar-refractivity contribution in [2.45, 2.75) is 13.8 Å². The molecule has 0 spiro atoms. The topological polar surface area (TPSA) is 56.5 Å². The SMILES string of the molecule is Cc1nc(C)nc(-c2cncc([Si](c3ccccc3)(c3ccccc3)n3c4ccccc4c4ccccc43)c2)n1. The summed E-state index contributed by atoms with van der Waals surface area (Å²) in [6.45, 7) is 3.81. The van der Waals surface area contributed by atoms with Gasteiger partial charge in [0.1, 0.15) is 11.6 Å². The van der Waals surface area contributed by atoms with E-state index < -0.39 is 8.24 Å². The first-order chi connectivity index (χ1) is 19.7. The van der Waals surface area contributed by atoms with Crippen molar-refractivity contribution in [3.8, 4) is 11.4 Å². The molecule has 0 saturated heterocycles. The van der Waals surface area contributed by atoms with E-state index in [9.17, 15) is 0 Å². The average Bonchev–Trinajstić information content (AvgIpc) is 3.33. The van der Waals surface area contributed by atoms with Crippen LogP contribution < -0.4 is 15.6 Å². The number of hydrogen-bond donors (Lipinski definition) is 0. The molecule has 40 heavy (non-hydrogen) atoms. The molecular weight excluding hydrogens is 506 g/mol. The molecule has 3 heterocycles. The maximum Gasteiger partial charge on any atom is 0.259 e. The maximum atomic E-state index is 4.83. The van der Waals surface area contributed by atoms with Crippen molar-refractivity contribution >= 4 is 45.6 Å². The molecule has 5 nitrogen and oxygen atoms in total. The van der Waals surface area contributed by atoms with Crippen LogP contribution in [0.4, 0.5) is 0 Å². The molecule has 0 radical (unpaired) electrons. The Hall–Kier alpha value is -4.94. The van der Waals surface area contributed by atoms with Gasteiger partial charge in [0.25, 0.3) is 8.24 Å². The fourth-order valence-corrected chi connectivity index (χ4v) is 10.9. The summed E-state index contributed by atoms with van der Waals surface area (Å²) in [7, 11) is -2.99. The van der Waals surface area contributed by atoms with E-state index in [4.69, 9.17) is 4.98 Å². The lowest BCUT2D eigenvalue weighted by Gasteiger charge is -2.36. The van der Waals surface area contributed by atoms with E-state index in [0.29, 0.717) is 17.5 Å². The summed E-state index contributed by atoms with van der Waals surface area (Å²) in [4.78, 5) is 18.6. The minimum Gasteiger partial charge on any atom is -0.355 e. The fraction of sp³-hybridized carbons (Fsp3) is 0.0588. The molecule has 0 aliphatic heterocycles. The summed E-state index contributed by atoms with van der Waals surface area (Å²) in [6.07, 6.45) is 3.90. The van der Waals surface area contributed by atoms with Crippen molar-refractivity contribution in [2.24, 2.45) is 0 Å². The normalized spacial score (nSPS) is 11.8. The third-order valence-corrected chi connectivity index (χ3v) is 12.2. The molecule has 0 saturated carbocycles. The second kappa shape index (κ2) is 9.66. The lowest BCUT2D eigenvalue weighted by molar-refractivity contribution is 0.927. The van der Waals surface area contributed by atoms with E-state index in [0.717, 1.165) is 10.8 Å². The zero-order valence-corrected chi connectivity index (χ0v) is 23.4. The molecular formula is C34H27N5Si. The zero-order chi connectivity index (χ0) is 27.1. The van der Waals surface area contributed by atoms with E-state index in [-0.39, 0.29) is 0 Å². The first kappa shape index (κ1) is 24.1. The Kier molecular flexibility index (Phi) is 5.83. The Morgan fingerprint density at radius 2 is 1.02 bits per heavy atom. The van der Waals surface area contributed by atoms with Gasteiger partial charge in [-0.05, 0) is 47.6 Å². The van der Waals surface area contributed by atoms with Gasteiger partial charge in [-0.2, -0.15) is 0 Å². The van der Waals surface area contributed by atoms with Crippen molar-refractivity contribution in [1.29, 1.82) is 0 Å². The van der Waals surface area contributed by atoms with Crippen LogP contribution in [0, 0.1) is 13.8 Å². The van der Waals surface area contributed by atoms with E-state index >= 15 is 0 Å². The van der Waals surface area contributed by atoms with Gasteiger partial charge in [0.15, 0.2) is 5.82 Å². The number of hydrogen-bond acceptors (Lipinski definition) is 4. The monoisotopic (exact) mass is 533 g/mol. The third-order valence-electron chi connectivity index (χ3n) is 7.57. The first-order valence-electron chi connectivity index (χ1n) is 13.4. The quantitative estimate of drug-likeness (QED) is 0.286. The second-order valence-electron chi connectivity index (χ2n) is 10.0. The molecule has 3 aromatic heterocycles. The number of nitrogens with zero attached hydrogens (tertiary/aromatic N) is 5. The molecule has 7 aromatic rings. The summed E-state index contributed by atoms with van der Waals surface area (Å²) in [5.41, 5.74) is 3.30. The molecule has 0 fully saturated rings. The molecule has 192 valence electrons. The van der Waals surface area contributed by atoms with Gasteiger partial charge in [-0.3, -0.25) is 4.98 Å². The summed E-state index contributed by atoms with van der Waals surface area (Å²) < 4.78 is 2.62. The Morgan fingerprint density at radius 3 is 1.57 bits per heavy atom. The van der Waals surface area contributed by atoms with Crippen LogP contribution in [0.15, 0.2) is 128 Å². The highest BCUT2D eigenvalue weighted by Crippen LogP contribution is 2.32. The molecule has 0 atom stereocenters. The summed E-state index contributed by atoms with van der Waals surface area (Å²) in [6, 6.07) is 41.6. The predicted octanol–water partition coefficient (Wildman–Crippen LogP) is 5.17. The van der Waals surface area contributed by atoms with E-state index in [1.807, 2.05) is 26.2 Å². The van der Waals surface area contributed by atoms with Gasteiger partial charge in [0, 0.05) is 39.8 Å². The van der Waals surface area contributed by atoms with E-state index in [2.05, 4.69) is 134 Å². The number of aryl methyl sites for hydroxylation is 2. The van der Waals surface area contributed by atoms with Gasteiger partial charge in [-0.15, -0.1) is 0 Å². The highest BCUT2D eigenvalue weighted by atomic mass is 28.3. The molecule has 7 rings (SSSR count). The van der Waals surface area contributed by atoms with Crippen molar-refractivity contribution in [3.63, 3.8) is 0 Å². The molecule has 0 amide bonds. The summed E-state index contributed by atoms with van der Waals surface area (Å²) in [5, 5.41) is 6.19. The van der Waals surface area contributed by atoms with Crippen LogP contribution in [-0.4, -0.2) is 32.4 Å². The summed E-state index contributed by atoms with van der Waals surface area (Å²) >= 11 is 0. The Labute approximate surface area is 234 Å². The summed E-state index contributed by atoms with van der Waals surface area (Å²) in [5.74, 6) is 2.04. The van der Waals surface area contributed by atoms with Gasteiger partial charge >= 0.3 is 0 Å². The first-order valence-corrected chi connectivity index (χ1v) is 15.4. The lowest BCUT2D eigenvalue weighted by Crippen LogP contribution is -2.72. The van der Waals surface area contributed by atoms with Gasteiger partial charge in [0.05, 0.1) is 0 Å². The van der Waals surface area contributed by atoms with Crippen LogP contribution in [0.1, 0.15) is 11.6 Å². The Morgan fingerprint density at radius 1 is 0.525 bits per heavy atom. The van der Waals surface area contributed by atoms with Gasteiger partial charge in [-0.25, -0.2) is 15.0 Å². The highest BCUT2D eigenvalue weighted by Gasteiger charge is 2.44. The Balaban J connectivity index is 1.67. The maximum absolute atomic E-state index is 4.83. The van der Waals surface area contributed by atoms with Crippen molar-refractivity contribution < 1.29 is 0 Å². The number of rotatable bonds is 5. The van der Waals surface area contributed by atoms with E-state index in [1.165, 1.54) is 32.2 Å². The smallest absolute Gasteiger partial charge is 0.259 e. The van der Waals surface area contributed by atoms with Crippen LogP contribution in [-0.2, 0) is 0 Å². The number of aromatic nitrogens is 5. The predicted molar refractivity (Wildman–Crippen MR) is 165 cm³/mol. The average molecular weight is 534 g/mol. The standard InChI is InChI=1S/C34H27N5Si/c1-24-36-25(2)38-34(37-24)26-21-29(23-35-22-26)40(27-13-5-3-6-14-27,28-15-7-4-8-16-28)39-32-19-11-9-17-30(32)31-18-10-12-20-33(31)39/h3-23H,1-2H3. The van der Waals surface area contributed by atoms with Crippen LogP contribution in [0.5, 0.6) is 0 Å². The number of para-hydroxylation sites is 2. The molecule has 6 heteroatoms. The molecule has 0 bridgehead atoms. The number of fused-ring (bicyclic) bond motifs is 3. The van der Waals surface area contributed by atoms with Crippen molar-refractivity contribution in [1.82, 2.24) is 24.2 Å². The third kappa shape index (κ3) is 3.76. The molecule has 0 aliphatic carbocycles. The van der Waals surface area contributed by atoms with Crippen molar-refractivity contribution in [3.05, 3.63) is 139 Å². The van der Waals surface area contributed by atoms with Crippen LogP contribution >= 0.6 is 0 Å². The molecule has 0 aliphatic rings. The molecule has 0 N–H and O–H groups in total. The van der Waals surface area contributed by atoms with Crippen molar-refractivity contribution in [2.75, 3.05) is 0 Å². The van der Waals surface area contributed by atoms with Gasteiger partial charge in [0.2, 0.25) is 0 Å². The minimum atomic E-state index is -2.99. The molecule has 0 unspecified atom stereocenters. The number of benzene rings is 4. The zero-order valence-electron chi connectivity index (χ0n) is 22.4. The van der Waals surface area contributed by atoms with Gasteiger partial charge < -0.3 is 4.23 Å². The second-order valence-corrected chi connectivity index (χ2v) is 13.6. The molecule has 4 aromatic carbocycles. The van der Waals surface area contributed by atoms with Crippen LogP contribution in [0.2, 0.25) is 0 Å². The van der Waals surface area contributed by atoms with Gasteiger partial charge in [-0.1, -0.05) is 97.1 Å². The number of pyridine rings is 1. The minimum absolute atomic E-state index is 0.644. The van der Waals surface area contributed by atoms with Crippen LogP contribution in [0.25, 0.3) is 33.2 Å². The largest absolute Gasteiger partial charge is 0.355 e. The van der Waals surface area contributed by atoms with Crippen LogP contribution in [0.3, 0.4) is 0 Å².